The molecular formula is C41H78. The summed E-state index contributed by atoms with van der Waals surface area (Å²) in [5.41, 5.74) is 0. The van der Waals surface area contributed by atoms with Gasteiger partial charge in [-0.1, -0.05) is 238 Å². The maximum absolute atomic E-state index is 2.59. The van der Waals surface area contributed by atoms with E-state index in [0.717, 1.165) is 11.8 Å². The molecule has 0 aromatic rings. The first-order valence-corrected chi connectivity index (χ1v) is 20.1. The number of hydrogen-bond donors (Lipinski definition) is 0. The molecular weight excluding hydrogens is 492 g/mol. The summed E-state index contributed by atoms with van der Waals surface area (Å²) in [5, 5.41) is 0. The van der Waals surface area contributed by atoms with Gasteiger partial charge < -0.3 is 0 Å². The highest BCUT2D eigenvalue weighted by molar-refractivity contribution is 4.68. The van der Waals surface area contributed by atoms with Gasteiger partial charge in [0.2, 0.25) is 0 Å². The average Bonchev–Trinajstić information content (AvgIpc) is 2.98. The molecule has 2 rings (SSSR count). The van der Waals surface area contributed by atoms with Crippen molar-refractivity contribution in [2.75, 3.05) is 0 Å². The number of rotatable bonds is 4. The van der Waals surface area contributed by atoms with E-state index in [0.29, 0.717) is 0 Å². The average molecular weight is 571 g/mol. The van der Waals surface area contributed by atoms with E-state index in [1.165, 1.54) is 225 Å². The fourth-order valence-corrected chi connectivity index (χ4v) is 7.92. The van der Waals surface area contributed by atoms with Crippen molar-refractivity contribution >= 4 is 0 Å². The molecule has 2 radical (unpaired) electrons. The Hall–Kier alpha value is 0. The third kappa shape index (κ3) is 25.1. The van der Waals surface area contributed by atoms with Crippen molar-refractivity contribution in [3.8, 4) is 0 Å². The Bertz CT molecular complexity index is 410. The van der Waals surface area contributed by atoms with Crippen LogP contribution >= 0.6 is 0 Å². The van der Waals surface area contributed by atoms with Crippen molar-refractivity contribution in [3.05, 3.63) is 12.8 Å². The Morgan fingerprint density at radius 3 is 0.756 bits per heavy atom. The Kier molecular flexibility index (Phi) is 27.3. The van der Waals surface area contributed by atoms with Crippen LogP contribution in [-0.4, -0.2) is 0 Å². The van der Waals surface area contributed by atoms with Gasteiger partial charge in [-0.2, -0.15) is 0 Å². The zero-order chi connectivity index (χ0) is 28.7. The Labute approximate surface area is 261 Å². The lowest BCUT2D eigenvalue weighted by molar-refractivity contribution is 0.326. The monoisotopic (exact) mass is 571 g/mol. The highest BCUT2D eigenvalue weighted by Crippen LogP contribution is 2.29. The molecule has 2 unspecified atom stereocenters. The molecule has 0 aromatic heterocycles. The van der Waals surface area contributed by atoms with Gasteiger partial charge in [-0.3, -0.25) is 0 Å². The summed E-state index contributed by atoms with van der Waals surface area (Å²) in [6.07, 6.45) is 60.1. The lowest BCUT2D eigenvalue weighted by Gasteiger charge is -2.21. The van der Waals surface area contributed by atoms with Crippen LogP contribution < -0.4 is 0 Å². The second-order valence-corrected chi connectivity index (χ2v) is 14.7. The maximum Gasteiger partial charge on any atom is -0.0386 e. The highest BCUT2D eigenvalue weighted by Gasteiger charge is 2.13. The van der Waals surface area contributed by atoms with Crippen LogP contribution in [0.2, 0.25) is 0 Å². The van der Waals surface area contributed by atoms with Crippen molar-refractivity contribution in [3.63, 3.8) is 0 Å². The van der Waals surface area contributed by atoms with Gasteiger partial charge in [0.1, 0.15) is 0 Å². The normalized spacial score (nSPS) is 24.6. The standard InChI is InChI=1S/C41H78/c1-2-6-10-14-18-22-26-30-35-40(34-29-25-21-17-13-9-5-1)38-33-39-41-36-31-27-23-19-15-11-7-3-4-8-12-16-20-24-28-32-37-41/h1,3,40-41H,2,4-39H2. The lowest BCUT2D eigenvalue weighted by Crippen LogP contribution is -2.06. The summed E-state index contributed by atoms with van der Waals surface area (Å²) in [4.78, 5) is 0. The molecule has 0 bridgehead atoms. The van der Waals surface area contributed by atoms with Gasteiger partial charge in [-0.15, -0.1) is 0 Å². The second kappa shape index (κ2) is 30.0. The van der Waals surface area contributed by atoms with Gasteiger partial charge in [0.25, 0.3) is 0 Å². The van der Waals surface area contributed by atoms with Gasteiger partial charge in [-0.05, 0) is 24.7 Å². The summed E-state index contributed by atoms with van der Waals surface area (Å²) in [6, 6.07) is 0. The van der Waals surface area contributed by atoms with Crippen LogP contribution in [0, 0.1) is 24.7 Å². The van der Waals surface area contributed by atoms with Gasteiger partial charge in [-0.25, -0.2) is 0 Å². The molecule has 0 N–H and O–H groups in total. The molecule has 0 saturated heterocycles. The van der Waals surface area contributed by atoms with Crippen LogP contribution in [0.1, 0.15) is 238 Å². The molecule has 0 nitrogen and oxygen atoms in total. The van der Waals surface area contributed by atoms with Crippen LogP contribution in [-0.2, 0) is 0 Å². The van der Waals surface area contributed by atoms with Crippen LogP contribution in [0.5, 0.6) is 0 Å². The van der Waals surface area contributed by atoms with E-state index in [1.807, 2.05) is 0 Å². The van der Waals surface area contributed by atoms with Crippen LogP contribution in [0.15, 0.2) is 0 Å². The molecule has 2 aliphatic carbocycles. The van der Waals surface area contributed by atoms with E-state index in [1.54, 1.807) is 12.8 Å². The minimum absolute atomic E-state index is 1.03. The summed E-state index contributed by atoms with van der Waals surface area (Å²) in [7, 11) is 0. The van der Waals surface area contributed by atoms with Crippen LogP contribution in [0.25, 0.3) is 0 Å². The Balaban J connectivity index is 1.71. The van der Waals surface area contributed by atoms with Crippen molar-refractivity contribution in [1.29, 1.82) is 0 Å². The molecule has 41 heavy (non-hydrogen) atoms. The minimum atomic E-state index is 1.03. The summed E-state index contributed by atoms with van der Waals surface area (Å²) in [6.45, 7) is 0. The molecule has 0 heteroatoms. The smallest absolute Gasteiger partial charge is 0.0386 e. The molecule has 2 aliphatic rings. The molecule has 2 saturated carbocycles. The summed E-state index contributed by atoms with van der Waals surface area (Å²) < 4.78 is 0. The van der Waals surface area contributed by atoms with Gasteiger partial charge in [0.05, 0.1) is 0 Å². The van der Waals surface area contributed by atoms with E-state index < -0.39 is 0 Å². The largest absolute Gasteiger partial charge is 0.0533 e. The van der Waals surface area contributed by atoms with E-state index in [2.05, 4.69) is 12.8 Å². The third-order valence-electron chi connectivity index (χ3n) is 10.8. The third-order valence-corrected chi connectivity index (χ3v) is 10.8. The molecule has 0 aliphatic heterocycles. The van der Waals surface area contributed by atoms with E-state index in [4.69, 9.17) is 0 Å². The van der Waals surface area contributed by atoms with Gasteiger partial charge in [0, 0.05) is 0 Å². The van der Waals surface area contributed by atoms with E-state index in [9.17, 15) is 0 Å². The highest BCUT2D eigenvalue weighted by atomic mass is 14.2. The van der Waals surface area contributed by atoms with Crippen molar-refractivity contribution in [2.24, 2.45) is 11.8 Å². The minimum Gasteiger partial charge on any atom is -0.0533 e. The Morgan fingerprint density at radius 1 is 0.268 bits per heavy atom. The molecule has 2 atom stereocenters. The first kappa shape index (κ1) is 37.2. The Morgan fingerprint density at radius 2 is 0.488 bits per heavy atom. The zero-order valence-electron chi connectivity index (χ0n) is 28.5. The topological polar surface area (TPSA) is 0 Å². The SMILES string of the molecule is [CH]1CCCCCCCCCC(CCCC2CCCCCCCC[CH]CCCCCCCCC2)CCCCCCCC1. The van der Waals surface area contributed by atoms with Gasteiger partial charge >= 0.3 is 0 Å². The van der Waals surface area contributed by atoms with Crippen molar-refractivity contribution in [1.82, 2.24) is 0 Å². The molecule has 0 heterocycles. The first-order chi connectivity index (χ1) is 20.4. The quantitative estimate of drug-likeness (QED) is 0.315. The maximum atomic E-state index is 2.59. The zero-order valence-corrected chi connectivity index (χ0v) is 28.5. The molecule has 0 amide bonds. The predicted molar refractivity (Wildman–Crippen MR) is 186 cm³/mol. The fourth-order valence-electron chi connectivity index (χ4n) is 7.92. The molecule has 2 fully saturated rings. The van der Waals surface area contributed by atoms with E-state index in [-0.39, 0.29) is 0 Å². The molecule has 0 spiro atoms. The lowest BCUT2D eigenvalue weighted by atomic mass is 9.85. The van der Waals surface area contributed by atoms with Crippen LogP contribution in [0.4, 0.5) is 0 Å². The first-order valence-electron chi connectivity index (χ1n) is 20.1. The molecule has 0 aromatic carbocycles. The number of hydrogen-bond acceptors (Lipinski definition) is 0. The predicted octanol–water partition coefficient (Wildman–Crippen LogP) is 15.1. The van der Waals surface area contributed by atoms with E-state index >= 15 is 0 Å². The van der Waals surface area contributed by atoms with Crippen molar-refractivity contribution < 1.29 is 0 Å². The summed E-state index contributed by atoms with van der Waals surface area (Å²) in [5.74, 6) is 2.07. The summed E-state index contributed by atoms with van der Waals surface area (Å²) >= 11 is 0. The van der Waals surface area contributed by atoms with Crippen LogP contribution in [0.3, 0.4) is 0 Å². The fraction of sp³-hybridized carbons (Fsp3) is 0.951. The second-order valence-electron chi connectivity index (χ2n) is 14.7. The van der Waals surface area contributed by atoms with Crippen molar-refractivity contribution in [2.45, 2.75) is 238 Å². The van der Waals surface area contributed by atoms with Gasteiger partial charge in [0.15, 0.2) is 0 Å². The molecule has 242 valence electrons.